The molecule has 1 aromatic rings. The molecule has 0 aromatic carbocycles. The van der Waals surface area contributed by atoms with Gasteiger partial charge in [-0.2, -0.15) is 0 Å². The van der Waals surface area contributed by atoms with Gasteiger partial charge in [-0.15, -0.1) is 0 Å². The second-order valence-electron chi connectivity index (χ2n) is 5.69. The zero-order valence-electron chi connectivity index (χ0n) is 12.6. The molecule has 2 amide bonds. The average Bonchev–Trinajstić information content (AvgIpc) is 3.00. The Morgan fingerprint density at radius 1 is 1.45 bits per heavy atom. The van der Waals surface area contributed by atoms with Crippen molar-refractivity contribution in [3.05, 3.63) is 24.2 Å². The fourth-order valence-electron chi connectivity index (χ4n) is 2.63. The summed E-state index contributed by atoms with van der Waals surface area (Å²) in [5.41, 5.74) is 0. The number of piperidine rings is 1. The fraction of sp³-hybridized carbons (Fsp3) is 0.533. The summed E-state index contributed by atoms with van der Waals surface area (Å²) in [6.45, 7) is 3.90. The number of nitrogens with one attached hydrogen (secondary N) is 1. The Hall–Kier alpha value is -2.31. The number of carboxylic acid groups (broad SMARTS) is 1. The molecule has 1 aromatic heterocycles. The van der Waals surface area contributed by atoms with Gasteiger partial charge in [0, 0.05) is 6.54 Å². The molecule has 7 heteroatoms. The number of hydrogen-bond acceptors (Lipinski definition) is 4. The third kappa shape index (κ3) is 3.47. The molecule has 2 rings (SSSR count). The van der Waals surface area contributed by atoms with Crippen LogP contribution in [0.3, 0.4) is 0 Å². The van der Waals surface area contributed by atoms with E-state index in [4.69, 9.17) is 4.42 Å². The number of likely N-dealkylation sites (tertiary alicyclic amines) is 1. The van der Waals surface area contributed by atoms with Gasteiger partial charge in [-0.1, -0.05) is 6.92 Å². The van der Waals surface area contributed by atoms with Crippen molar-refractivity contribution in [3.63, 3.8) is 0 Å². The van der Waals surface area contributed by atoms with Crippen molar-refractivity contribution in [1.29, 1.82) is 0 Å². The average molecular weight is 308 g/mol. The summed E-state index contributed by atoms with van der Waals surface area (Å²) in [4.78, 5) is 37.0. The summed E-state index contributed by atoms with van der Waals surface area (Å²) in [5.74, 6) is -1.52. The first-order valence-corrected chi connectivity index (χ1v) is 7.27. The molecule has 0 aliphatic carbocycles. The van der Waals surface area contributed by atoms with Crippen LogP contribution in [0.5, 0.6) is 0 Å². The minimum absolute atomic E-state index is 0.113. The topological polar surface area (TPSA) is 99.9 Å². The zero-order chi connectivity index (χ0) is 16.3. The zero-order valence-corrected chi connectivity index (χ0v) is 12.6. The van der Waals surface area contributed by atoms with Crippen LogP contribution in [0.25, 0.3) is 0 Å². The van der Waals surface area contributed by atoms with E-state index in [1.54, 1.807) is 13.0 Å². The highest BCUT2D eigenvalue weighted by Gasteiger charge is 2.36. The van der Waals surface area contributed by atoms with Gasteiger partial charge in [0.2, 0.25) is 5.91 Å². The molecule has 3 atom stereocenters. The van der Waals surface area contributed by atoms with Crippen LogP contribution in [0, 0.1) is 5.92 Å². The van der Waals surface area contributed by atoms with Crippen LogP contribution in [-0.2, 0) is 9.59 Å². The predicted molar refractivity (Wildman–Crippen MR) is 77.2 cm³/mol. The molecule has 1 aliphatic rings. The summed E-state index contributed by atoms with van der Waals surface area (Å²) < 4.78 is 4.96. The lowest BCUT2D eigenvalue weighted by atomic mass is 9.92. The molecule has 0 saturated carbocycles. The third-order valence-electron chi connectivity index (χ3n) is 3.90. The van der Waals surface area contributed by atoms with Gasteiger partial charge in [-0.05, 0) is 37.8 Å². The van der Waals surface area contributed by atoms with E-state index >= 15 is 0 Å². The largest absolute Gasteiger partial charge is 0.480 e. The third-order valence-corrected chi connectivity index (χ3v) is 3.90. The van der Waals surface area contributed by atoms with Crippen molar-refractivity contribution >= 4 is 17.8 Å². The normalized spacial score (nSPS) is 22.9. The van der Waals surface area contributed by atoms with Crippen molar-refractivity contribution in [1.82, 2.24) is 10.2 Å². The van der Waals surface area contributed by atoms with Crippen LogP contribution in [0.4, 0.5) is 0 Å². The number of carbonyl (C=O) groups is 3. The number of carboxylic acids is 1. The van der Waals surface area contributed by atoms with Gasteiger partial charge in [0.25, 0.3) is 5.91 Å². The molecular formula is C15H20N2O5. The molecule has 1 fully saturated rings. The number of aliphatic carboxylic acids is 1. The van der Waals surface area contributed by atoms with Gasteiger partial charge in [-0.25, -0.2) is 4.79 Å². The molecule has 1 saturated heterocycles. The minimum atomic E-state index is -1.01. The molecular weight excluding hydrogens is 288 g/mol. The highest BCUT2D eigenvalue weighted by molar-refractivity contribution is 5.96. The standard InChI is InChI=1S/C15H20N2O5/c1-9-5-6-17(11(8-9)15(20)21)14(19)10(2)16-13(18)12-4-3-7-22-12/h3-4,7,9-11H,5-6,8H2,1-2H3,(H,16,18)(H,20,21). The van der Waals surface area contributed by atoms with Crippen LogP contribution in [0.2, 0.25) is 0 Å². The Morgan fingerprint density at radius 3 is 2.77 bits per heavy atom. The van der Waals surface area contributed by atoms with Crippen LogP contribution in [0.15, 0.2) is 22.8 Å². The van der Waals surface area contributed by atoms with Crippen molar-refractivity contribution < 1.29 is 23.9 Å². The SMILES string of the molecule is CC1CCN(C(=O)C(C)NC(=O)c2ccco2)C(C(=O)O)C1. The highest BCUT2D eigenvalue weighted by Crippen LogP contribution is 2.23. The lowest BCUT2D eigenvalue weighted by Crippen LogP contribution is -2.55. The summed E-state index contributed by atoms with van der Waals surface area (Å²) in [7, 11) is 0. The smallest absolute Gasteiger partial charge is 0.326 e. The molecule has 3 unspecified atom stereocenters. The highest BCUT2D eigenvalue weighted by atomic mass is 16.4. The first-order valence-electron chi connectivity index (χ1n) is 7.27. The lowest BCUT2D eigenvalue weighted by Gasteiger charge is -2.37. The van der Waals surface area contributed by atoms with Gasteiger partial charge < -0.3 is 19.7 Å². The molecule has 2 N–H and O–H groups in total. The summed E-state index contributed by atoms with van der Waals surface area (Å²) in [5, 5.41) is 11.8. The van der Waals surface area contributed by atoms with Gasteiger partial charge in [0.1, 0.15) is 12.1 Å². The van der Waals surface area contributed by atoms with E-state index in [0.717, 1.165) is 6.42 Å². The van der Waals surface area contributed by atoms with Gasteiger partial charge in [0.05, 0.1) is 6.26 Å². The van der Waals surface area contributed by atoms with E-state index in [0.29, 0.717) is 13.0 Å². The Labute approximate surface area is 128 Å². The van der Waals surface area contributed by atoms with E-state index in [9.17, 15) is 19.5 Å². The number of furan rings is 1. The molecule has 1 aliphatic heterocycles. The Kier molecular flexibility index (Phi) is 4.85. The van der Waals surface area contributed by atoms with Crippen LogP contribution >= 0.6 is 0 Å². The second kappa shape index (κ2) is 6.64. The van der Waals surface area contributed by atoms with Gasteiger partial charge in [-0.3, -0.25) is 9.59 Å². The molecule has 120 valence electrons. The monoisotopic (exact) mass is 308 g/mol. The van der Waals surface area contributed by atoms with E-state index in [1.165, 1.54) is 17.2 Å². The summed E-state index contributed by atoms with van der Waals surface area (Å²) >= 11 is 0. The van der Waals surface area contributed by atoms with E-state index in [1.807, 2.05) is 6.92 Å². The number of hydrogen-bond donors (Lipinski definition) is 2. The van der Waals surface area contributed by atoms with Crippen molar-refractivity contribution in [2.45, 2.75) is 38.8 Å². The maximum atomic E-state index is 12.4. The van der Waals surface area contributed by atoms with Crippen LogP contribution in [0.1, 0.15) is 37.2 Å². The molecule has 7 nitrogen and oxygen atoms in total. The molecule has 0 radical (unpaired) electrons. The van der Waals surface area contributed by atoms with E-state index in [-0.39, 0.29) is 17.6 Å². The number of rotatable bonds is 4. The second-order valence-corrected chi connectivity index (χ2v) is 5.69. The maximum Gasteiger partial charge on any atom is 0.326 e. The van der Waals surface area contributed by atoms with Gasteiger partial charge in [0.15, 0.2) is 5.76 Å². The summed E-state index contributed by atoms with van der Waals surface area (Å²) in [6, 6.07) is 1.43. The number of amides is 2. The predicted octanol–water partition coefficient (Wildman–Crippen LogP) is 1.11. The quantitative estimate of drug-likeness (QED) is 0.868. The van der Waals surface area contributed by atoms with Crippen LogP contribution < -0.4 is 5.32 Å². The fourth-order valence-corrected chi connectivity index (χ4v) is 2.63. The van der Waals surface area contributed by atoms with Crippen molar-refractivity contribution in [2.24, 2.45) is 5.92 Å². The molecule has 0 spiro atoms. The minimum Gasteiger partial charge on any atom is -0.480 e. The Balaban J connectivity index is 2.02. The first kappa shape index (κ1) is 16.1. The summed E-state index contributed by atoms with van der Waals surface area (Å²) in [6.07, 6.45) is 2.56. The molecule has 2 heterocycles. The van der Waals surface area contributed by atoms with Crippen LogP contribution in [-0.4, -0.2) is 46.4 Å². The molecule has 22 heavy (non-hydrogen) atoms. The number of nitrogens with zero attached hydrogens (tertiary/aromatic N) is 1. The van der Waals surface area contributed by atoms with E-state index in [2.05, 4.69) is 5.32 Å². The van der Waals surface area contributed by atoms with E-state index < -0.39 is 24.0 Å². The van der Waals surface area contributed by atoms with Crippen molar-refractivity contribution in [3.8, 4) is 0 Å². The van der Waals surface area contributed by atoms with Gasteiger partial charge >= 0.3 is 5.97 Å². The molecule has 0 bridgehead atoms. The maximum absolute atomic E-state index is 12.4. The number of carbonyl (C=O) groups excluding carboxylic acids is 2. The first-order chi connectivity index (χ1) is 10.4. The lowest BCUT2D eigenvalue weighted by molar-refractivity contribution is -0.153. The Morgan fingerprint density at radius 2 is 2.18 bits per heavy atom. The van der Waals surface area contributed by atoms with Crippen molar-refractivity contribution in [2.75, 3.05) is 6.54 Å². The Bertz CT molecular complexity index is 554.